The highest BCUT2D eigenvalue weighted by Crippen LogP contribution is 2.21. The van der Waals surface area contributed by atoms with Gasteiger partial charge in [-0.15, -0.1) is 12.4 Å². The molecule has 1 aromatic carbocycles. The summed E-state index contributed by atoms with van der Waals surface area (Å²) in [4.78, 5) is 14.1. The van der Waals surface area contributed by atoms with Crippen molar-refractivity contribution in [3.8, 4) is 0 Å². The van der Waals surface area contributed by atoms with Crippen LogP contribution < -0.4 is 5.73 Å². The number of likely N-dealkylation sites (tertiary alicyclic amines) is 1. The van der Waals surface area contributed by atoms with Gasteiger partial charge >= 0.3 is 0 Å². The molecule has 1 unspecified atom stereocenters. The van der Waals surface area contributed by atoms with Crippen LogP contribution in [-0.2, 0) is 0 Å². The first-order chi connectivity index (χ1) is 8.61. The van der Waals surface area contributed by atoms with Crippen LogP contribution in [0, 0.1) is 11.7 Å². The molecule has 0 spiro atoms. The number of hydrogen-bond donors (Lipinski definition) is 1. The zero-order valence-corrected chi connectivity index (χ0v) is 12.8. The maximum atomic E-state index is 13.1. The predicted molar refractivity (Wildman–Crippen MR) is 79.0 cm³/mol. The number of benzene rings is 1. The number of amides is 1. The summed E-state index contributed by atoms with van der Waals surface area (Å²) in [5.74, 6) is -0.0227. The van der Waals surface area contributed by atoms with Gasteiger partial charge in [0.1, 0.15) is 5.82 Å². The average molecular weight is 352 g/mol. The van der Waals surface area contributed by atoms with Crippen molar-refractivity contribution in [1.82, 2.24) is 4.90 Å². The third-order valence-corrected chi connectivity index (χ3v) is 3.91. The fourth-order valence-electron chi connectivity index (χ4n) is 2.25. The number of halogens is 3. The highest BCUT2D eigenvalue weighted by atomic mass is 79.9. The Labute approximate surface area is 126 Å². The van der Waals surface area contributed by atoms with E-state index in [1.54, 1.807) is 4.90 Å². The first-order valence-electron chi connectivity index (χ1n) is 6.06. The van der Waals surface area contributed by atoms with Crippen molar-refractivity contribution in [3.05, 3.63) is 34.1 Å². The SMILES string of the molecule is Cl.NCC1CCCN(C(=O)c2ccc(F)c(Br)c2)C1. The van der Waals surface area contributed by atoms with Gasteiger partial charge in [-0.25, -0.2) is 4.39 Å². The van der Waals surface area contributed by atoms with Crippen molar-refractivity contribution >= 4 is 34.2 Å². The Morgan fingerprint density at radius 1 is 1.53 bits per heavy atom. The number of hydrogen-bond acceptors (Lipinski definition) is 2. The van der Waals surface area contributed by atoms with Crippen LogP contribution in [0.2, 0.25) is 0 Å². The molecule has 19 heavy (non-hydrogen) atoms. The molecule has 6 heteroatoms. The first kappa shape index (κ1) is 16.4. The van der Waals surface area contributed by atoms with Gasteiger partial charge in [0, 0.05) is 18.7 Å². The second kappa shape index (κ2) is 7.22. The molecular formula is C13H17BrClFN2O. The van der Waals surface area contributed by atoms with Crippen LogP contribution in [0.3, 0.4) is 0 Å². The van der Waals surface area contributed by atoms with Gasteiger partial charge in [-0.3, -0.25) is 4.79 Å². The van der Waals surface area contributed by atoms with Crippen molar-refractivity contribution in [1.29, 1.82) is 0 Å². The van der Waals surface area contributed by atoms with E-state index in [-0.39, 0.29) is 24.1 Å². The van der Waals surface area contributed by atoms with Crippen LogP contribution >= 0.6 is 28.3 Å². The number of carbonyl (C=O) groups excluding carboxylic acids is 1. The van der Waals surface area contributed by atoms with E-state index >= 15 is 0 Å². The quantitative estimate of drug-likeness (QED) is 0.890. The maximum Gasteiger partial charge on any atom is 0.253 e. The first-order valence-corrected chi connectivity index (χ1v) is 6.85. The molecule has 1 aromatic rings. The summed E-state index contributed by atoms with van der Waals surface area (Å²) in [7, 11) is 0. The summed E-state index contributed by atoms with van der Waals surface area (Å²) in [5, 5.41) is 0. The minimum atomic E-state index is -0.356. The highest BCUT2D eigenvalue weighted by Gasteiger charge is 2.23. The van der Waals surface area contributed by atoms with Crippen molar-refractivity contribution < 1.29 is 9.18 Å². The second-order valence-corrected chi connectivity index (χ2v) is 5.48. The molecule has 1 amide bonds. The molecule has 0 aliphatic carbocycles. The zero-order chi connectivity index (χ0) is 13.1. The van der Waals surface area contributed by atoms with E-state index < -0.39 is 0 Å². The Morgan fingerprint density at radius 3 is 2.89 bits per heavy atom. The summed E-state index contributed by atoms with van der Waals surface area (Å²) in [6, 6.07) is 4.36. The Hall–Kier alpha value is -0.650. The van der Waals surface area contributed by atoms with E-state index in [1.165, 1.54) is 18.2 Å². The third-order valence-electron chi connectivity index (χ3n) is 3.31. The molecule has 3 nitrogen and oxygen atoms in total. The Kier molecular flexibility index (Phi) is 6.23. The van der Waals surface area contributed by atoms with E-state index in [1.807, 2.05) is 0 Å². The van der Waals surface area contributed by atoms with Gasteiger partial charge in [-0.05, 0) is 59.4 Å². The molecule has 1 heterocycles. The van der Waals surface area contributed by atoms with Gasteiger partial charge in [0.2, 0.25) is 0 Å². The largest absolute Gasteiger partial charge is 0.338 e. The van der Waals surface area contributed by atoms with Crippen LogP contribution in [0.5, 0.6) is 0 Å². The molecule has 0 radical (unpaired) electrons. The summed E-state index contributed by atoms with van der Waals surface area (Å²) >= 11 is 3.10. The van der Waals surface area contributed by atoms with E-state index in [4.69, 9.17) is 5.73 Å². The molecule has 1 saturated heterocycles. The van der Waals surface area contributed by atoms with Crippen LogP contribution in [0.25, 0.3) is 0 Å². The molecule has 0 saturated carbocycles. The number of carbonyl (C=O) groups is 1. The van der Waals surface area contributed by atoms with Gasteiger partial charge in [0.15, 0.2) is 0 Å². The lowest BCUT2D eigenvalue weighted by Crippen LogP contribution is -2.42. The van der Waals surface area contributed by atoms with Gasteiger partial charge in [0.05, 0.1) is 4.47 Å². The molecular weight excluding hydrogens is 335 g/mol. The lowest BCUT2D eigenvalue weighted by atomic mass is 9.97. The fourth-order valence-corrected chi connectivity index (χ4v) is 2.63. The minimum Gasteiger partial charge on any atom is -0.338 e. The third kappa shape index (κ3) is 3.91. The predicted octanol–water partition coefficient (Wildman–Crippen LogP) is 2.82. The summed E-state index contributed by atoms with van der Waals surface area (Å²) in [6.45, 7) is 2.06. The highest BCUT2D eigenvalue weighted by molar-refractivity contribution is 9.10. The average Bonchev–Trinajstić information content (AvgIpc) is 2.41. The monoisotopic (exact) mass is 350 g/mol. The van der Waals surface area contributed by atoms with E-state index in [2.05, 4.69) is 15.9 Å². The number of nitrogens with zero attached hydrogens (tertiary/aromatic N) is 1. The van der Waals surface area contributed by atoms with Crippen LogP contribution in [0.1, 0.15) is 23.2 Å². The van der Waals surface area contributed by atoms with Gasteiger partial charge in [-0.1, -0.05) is 0 Å². The minimum absolute atomic E-state index is 0. The topological polar surface area (TPSA) is 46.3 Å². The standard InChI is InChI=1S/C13H16BrFN2O.ClH/c14-11-6-10(3-4-12(11)15)13(18)17-5-1-2-9(7-16)8-17;/h3-4,6,9H,1-2,5,7-8,16H2;1H. The van der Waals surface area contributed by atoms with Crippen molar-refractivity contribution in [2.24, 2.45) is 11.7 Å². The Bertz CT molecular complexity index is 458. The smallest absolute Gasteiger partial charge is 0.253 e. The number of piperidine rings is 1. The van der Waals surface area contributed by atoms with Crippen LogP contribution in [0.4, 0.5) is 4.39 Å². The molecule has 1 atom stereocenters. The summed E-state index contributed by atoms with van der Waals surface area (Å²) in [5.41, 5.74) is 6.17. The molecule has 2 N–H and O–H groups in total. The van der Waals surface area contributed by atoms with Crippen molar-refractivity contribution in [2.45, 2.75) is 12.8 Å². The van der Waals surface area contributed by atoms with E-state index in [0.717, 1.165) is 19.4 Å². The van der Waals surface area contributed by atoms with Gasteiger partial charge in [0.25, 0.3) is 5.91 Å². The van der Waals surface area contributed by atoms with Crippen LogP contribution in [0.15, 0.2) is 22.7 Å². The summed E-state index contributed by atoms with van der Waals surface area (Å²) in [6.07, 6.45) is 2.06. The maximum absolute atomic E-state index is 13.1. The molecule has 106 valence electrons. The van der Waals surface area contributed by atoms with Gasteiger partial charge < -0.3 is 10.6 Å². The fraction of sp³-hybridized carbons (Fsp3) is 0.462. The normalized spacial score (nSPS) is 18.9. The Morgan fingerprint density at radius 2 is 2.26 bits per heavy atom. The summed E-state index contributed by atoms with van der Waals surface area (Å²) < 4.78 is 13.5. The Balaban J connectivity index is 0.00000180. The second-order valence-electron chi connectivity index (χ2n) is 4.62. The molecule has 1 aliphatic rings. The molecule has 2 rings (SSSR count). The lowest BCUT2D eigenvalue weighted by molar-refractivity contribution is 0.0678. The zero-order valence-electron chi connectivity index (χ0n) is 10.4. The number of nitrogens with two attached hydrogens (primary N) is 1. The molecule has 0 bridgehead atoms. The molecule has 1 fully saturated rings. The van der Waals surface area contributed by atoms with E-state index in [0.29, 0.717) is 29.0 Å². The number of rotatable bonds is 2. The van der Waals surface area contributed by atoms with Gasteiger partial charge in [-0.2, -0.15) is 0 Å². The van der Waals surface area contributed by atoms with E-state index in [9.17, 15) is 9.18 Å². The van der Waals surface area contributed by atoms with Crippen molar-refractivity contribution in [2.75, 3.05) is 19.6 Å². The van der Waals surface area contributed by atoms with Crippen molar-refractivity contribution in [3.63, 3.8) is 0 Å². The lowest BCUT2D eigenvalue weighted by Gasteiger charge is -2.32. The molecule has 1 aliphatic heterocycles. The van der Waals surface area contributed by atoms with Crippen LogP contribution in [-0.4, -0.2) is 30.4 Å². The molecule has 0 aromatic heterocycles.